The van der Waals surface area contributed by atoms with Gasteiger partial charge < -0.3 is 10.2 Å². The molecule has 1 unspecified atom stereocenters. The van der Waals surface area contributed by atoms with Crippen LogP contribution in [0, 0.1) is 6.92 Å². The number of hydrogen-bond donors (Lipinski definition) is 2. The fraction of sp³-hybridized carbons (Fsp3) is 0.167. The van der Waals surface area contributed by atoms with E-state index in [0.29, 0.717) is 5.56 Å². The van der Waals surface area contributed by atoms with Crippen molar-refractivity contribution < 1.29 is 10.2 Å². The van der Waals surface area contributed by atoms with Crippen LogP contribution in [0.5, 0.6) is 0 Å². The van der Waals surface area contributed by atoms with Crippen molar-refractivity contribution in [2.75, 3.05) is 6.61 Å². The first kappa shape index (κ1) is 13.7. The van der Waals surface area contributed by atoms with Crippen LogP contribution < -0.4 is 0 Å². The molecule has 3 nitrogen and oxygen atoms in total. The minimum Gasteiger partial charge on any atom is -0.393 e. The Labute approximate surface area is 123 Å². The summed E-state index contributed by atoms with van der Waals surface area (Å²) in [4.78, 5) is 4.74. The molecule has 0 radical (unpaired) electrons. The minimum atomic E-state index is -0.910. The topological polar surface area (TPSA) is 53.4 Å². The van der Waals surface area contributed by atoms with Crippen molar-refractivity contribution in [2.45, 2.75) is 13.0 Å². The zero-order valence-corrected chi connectivity index (χ0v) is 11.8. The Morgan fingerprint density at radius 2 is 1.81 bits per heavy atom. The van der Waals surface area contributed by atoms with E-state index in [2.05, 4.69) is 6.07 Å². The van der Waals surface area contributed by atoms with Crippen LogP contribution in [0.1, 0.15) is 17.2 Å². The van der Waals surface area contributed by atoms with E-state index in [9.17, 15) is 10.2 Å². The lowest BCUT2D eigenvalue weighted by Gasteiger charge is -2.13. The van der Waals surface area contributed by atoms with Crippen molar-refractivity contribution >= 4 is 10.9 Å². The lowest BCUT2D eigenvalue weighted by molar-refractivity contribution is 0.0966. The van der Waals surface area contributed by atoms with Crippen LogP contribution in [0.15, 0.2) is 54.6 Å². The van der Waals surface area contributed by atoms with Crippen molar-refractivity contribution in [1.29, 1.82) is 0 Å². The lowest BCUT2D eigenvalue weighted by Crippen LogP contribution is -2.04. The van der Waals surface area contributed by atoms with Gasteiger partial charge in [-0.05, 0) is 18.6 Å². The predicted octanol–water partition coefficient (Wildman–Crippen LogP) is 3.24. The molecule has 1 aromatic heterocycles. The molecule has 3 heteroatoms. The molecule has 3 aromatic rings. The second kappa shape index (κ2) is 5.64. The minimum absolute atomic E-state index is 0.310. The normalized spacial score (nSPS) is 12.5. The Morgan fingerprint density at radius 1 is 1.05 bits per heavy atom. The van der Waals surface area contributed by atoms with Gasteiger partial charge in [-0.15, -0.1) is 0 Å². The smallest absolute Gasteiger partial charge is 0.104 e. The third-order valence-electron chi connectivity index (χ3n) is 3.65. The van der Waals surface area contributed by atoms with Gasteiger partial charge in [-0.1, -0.05) is 48.5 Å². The molecule has 0 fully saturated rings. The van der Waals surface area contributed by atoms with E-state index in [1.165, 1.54) is 0 Å². The van der Waals surface area contributed by atoms with Crippen LogP contribution in [-0.2, 0) is 0 Å². The summed E-state index contributed by atoms with van der Waals surface area (Å²) in [5, 5.41) is 20.1. The number of pyridine rings is 1. The highest BCUT2D eigenvalue weighted by molar-refractivity contribution is 5.86. The molecule has 2 N–H and O–H groups in total. The van der Waals surface area contributed by atoms with Crippen LogP contribution in [0.25, 0.3) is 22.2 Å². The molecular formula is C18H17NO2. The van der Waals surface area contributed by atoms with Gasteiger partial charge in [0, 0.05) is 16.5 Å². The molecule has 0 amide bonds. The fourth-order valence-corrected chi connectivity index (χ4v) is 2.58. The van der Waals surface area contributed by atoms with Gasteiger partial charge in [-0.2, -0.15) is 0 Å². The highest BCUT2D eigenvalue weighted by Crippen LogP contribution is 2.28. The number of aromatic nitrogens is 1. The summed E-state index contributed by atoms with van der Waals surface area (Å²) in [6.45, 7) is 1.72. The van der Waals surface area contributed by atoms with Gasteiger partial charge in [0.05, 0.1) is 17.8 Å². The fourth-order valence-electron chi connectivity index (χ4n) is 2.58. The number of aryl methyl sites for hydroxylation is 1. The number of hydrogen-bond acceptors (Lipinski definition) is 3. The molecule has 0 aliphatic rings. The number of nitrogens with zero attached hydrogens (tertiary/aromatic N) is 1. The second-order valence-corrected chi connectivity index (χ2v) is 5.14. The Kier molecular flexibility index (Phi) is 3.69. The van der Waals surface area contributed by atoms with E-state index < -0.39 is 6.10 Å². The van der Waals surface area contributed by atoms with E-state index in [1.54, 1.807) is 6.07 Å². The van der Waals surface area contributed by atoms with E-state index in [1.807, 2.05) is 49.4 Å². The Balaban J connectivity index is 2.26. The van der Waals surface area contributed by atoms with Crippen LogP contribution >= 0.6 is 0 Å². The second-order valence-electron chi connectivity index (χ2n) is 5.14. The molecule has 106 valence electrons. The quantitative estimate of drug-likeness (QED) is 0.774. The summed E-state index contributed by atoms with van der Waals surface area (Å²) >= 11 is 0. The van der Waals surface area contributed by atoms with E-state index >= 15 is 0 Å². The Bertz CT molecular complexity index is 769. The summed E-state index contributed by atoms with van der Waals surface area (Å²) in [6.07, 6.45) is -0.910. The van der Waals surface area contributed by atoms with Crippen LogP contribution in [-0.4, -0.2) is 21.8 Å². The highest BCUT2D eigenvalue weighted by atomic mass is 16.3. The maximum atomic E-state index is 9.97. The largest absolute Gasteiger partial charge is 0.393 e. The number of para-hydroxylation sites is 1. The van der Waals surface area contributed by atoms with Crippen LogP contribution in [0.4, 0.5) is 0 Å². The molecule has 1 heterocycles. The summed E-state index contributed by atoms with van der Waals surface area (Å²) in [7, 11) is 0. The average molecular weight is 279 g/mol. The summed E-state index contributed by atoms with van der Waals surface area (Å²) in [5.41, 5.74) is 4.44. The maximum Gasteiger partial charge on any atom is 0.104 e. The first-order valence-electron chi connectivity index (χ1n) is 6.95. The molecule has 21 heavy (non-hydrogen) atoms. The zero-order valence-electron chi connectivity index (χ0n) is 11.8. The van der Waals surface area contributed by atoms with Gasteiger partial charge in [-0.25, -0.2) is 4.98 Å². The Hall–Kier alpha value is -2.23. The summed E-state index contributed by atoms with van der Waals surface area (Å²) in [5.74, 6) is 0. The number of aliphatic hydroxyl groups excluding tert-OH is 2. The highest BCUT2D eigenvalue weighted by Gasteiger charge is 2.13. The molecule has 0 aliphatic carbocycles. The van der Waals surface area contributed by atoms with Gasteiger partial charge in [0.1, 0.15) is 6.10 Å². The standard InChI is InChI=1S/C18H17NO2/c1-12-10-14-8-5-9-15(16(21)11-20)18(14)19-17(12)13-6-3-2-4-7-13/h2-10,16,20-21H,11H2,1H3. The van der Waals surface area contributed by atoms with Crippen molar-refractivity contribution in [1.82, 2.24) is 4.98 Å². The predicted molar refractivity (Wildman–Crippen MR) is 84.0 cm³/mol. The summed E-state index contributed by atoms with van der Waals surface area (Å²) in [6, 6.07) is 17.7. The van der Waals surface area contributed by atoms with Crippen molar-refractivity contribution in [3.63, 3.8) is 0 Å². The third kappa shape index (κ3) is 2.53. The SMILES string of the molecule is Cc1cc2cccc(C(O)CO)c2nc1-c1ccccc1. The van der Waals surface area contributed by atoms with Gasteiger partial charge >= 0.3 is 0 Å². The van der Waals surface area contributed by atoms with Crippen LogP contribution in [0.3, 0.4) is 0 Å². The molecule has 0 spiro atoms. The zero-order chi connectivity index (χ0) is 14.8. The molecule has 1 atom stereocenters. The number of aliphatic hydroxyl groups is 2. The van der Waals surface area contributed by atoms with Gasteiger partial charge in [-0.3, -0.25) is 0 Å². The molecule has 0 bridgehead atoms. The van der Waals surface area contributed by atoms with E-state index in [4.69, 9.17) is 4.98 Å². The number of rotatable bonds is 3. The lowest BCUT2D eigenvalue weighted by atomic mass is 10.0. The summed E-state index contributed by atoms with van der Waals surface area (Å²) < 4.78 is 0. The van der Waals surface area contributed by atoms with Crippen LogP contribution in [0.2, 0.25) is 0 Å². The average Bonchev–Trinajstić information content (AvgIpc) is 2.53. The maximum absolute atomic E-state index is 9.97. The first-order valence-corrected chi connectivity index (χ1v) is 6.95. The van der Waals surface area contributed by atoms with Gasteiger partial charge in [0.15, 0.2) is 0 Å². The number of fused-ring (bicyclic) bond motifs is 1. The molecule has 0 saturated carbocycles. The van der Waals surface area contributed by atoms with Gasteiger partial charge in [0.2, 0.25) is 0 Å². The Morgan fingerprint density at radius 3 is 2.52 bits per heavy atom. The van der Waals surface area contributed by atoms with Crippen molar-refractivity contribution in [2.24, 2.45) is 0 Å². The molecule has 0 aliphatic heterocycles. The van der Waals surface area contributed by atoms with E-state index in [0.717, 1.165) is 27.7 Å². The van der Waals surface area contributed by atoms with E-state index in [-0.39, 0.29) is 6.61 Å². The molecule has 2 aromatic carbocycles. The monoisotopic (exact) mass is 279 g/mol. The van der Waals surface area contributed by atoms with Crippen molar-refractivity contribution in [3.05, 3.63) is 65.7 Å². The first-order chi connectivity index (χ1) is 10.2. The molecular weight excluding hydrogens is 262 g/mol. The number of benzene rings is 2. The third-order valence-corrected chi connectivity index (χ3v) is 3.65. The molecule has 0 saturated heterocycles. The van der Waals surface area contributed by atoms with Gasteiger partial charge in [0.25, 0.3) is 0 Å². The molecule has 3 rings (SSSR count). The van der Waals surface area contributed by atoms with Crippen molar-refractivity contribution in [3.8, 4) is 11.3 Å².